The fourth-order valence-electron chi connectivity index (χ4n) is 4.03. The van der Waals surface area contributed by atoms with Crippen molar-refractivity contribution >= 4 is 5.69 Å². The van der Waals surface area contributed by atoms with Crippen LogP contribution in [0.4, 0.5) is 5.69 Å². The molecule has 3 aromatic rings. The predicted molar refractivity (Wildman–Crippen MR) is 117 cm³/mol. The van der Waals surface area contributed by atoms with Crippen molar-refractivity contribution in [3.63, 3.8) is 0 Å². The molecule has 0 spiro atoms. The van der Waals surface area contributed by atoms with Gasteiger partial charge in [-0.25, -0.2) is 0 Å². The van der Waals surface area contributed by atoms with Gasteiger partial charge in [-0.1, -0.05) is 24.3 Å². The van der Waals surface area contributed by atoms with E-state index in [0.717, 1.165) is 30.8 Å². The standard InChI is InChI=1S/C25H22N4O2/c26-14-18-1-3-19(4-2-18)16-28-11-12-29(23-10-5-20(15-27)13-25(23)31)24(17-28)21-6-8-22(30)9-7-21/h1-10,13,24,30-31H,11-12,16-17H2. The molecule has 3 aromatic carbocycles. The maximum absolute atomic E-state index is 10.6. The van der Waals surface area contributed by atoms with Crippen LogP contribution in [-0.4, -0.2) is 34.7 Å². The number of nitrogens with zero attached hydrogens (tertiary/aromatic N) is 4. The molecule has 31 heavy (non-hydrogen) atoms. The van der Waals surface area contributed by atoms with Gasteiger partial charge < -0.3 is 15.1 Å². The topological polar surface area (TPSA) is 94.5 Å². The van der Waals surface area contributed by atoms with Crippen LogP contribution in [0.5, 0.6) is 11.5 Å². The number of piperazine rings is 1. The molecule has 1 heterocycles. The Bertz CT molecular complexity index is 1140. The molecule has 2 N–H and O–H groups in total. The lowest BCUT2D eigenvalue weighted by molar-refractivity contribution is 0.215. The van der Waals surface area contributed by atoms with E-state index in [1.165, 1.54) is 6.07 Å². The first-order chi connectivity index (χ1) is 15.1. The van der Waals surface area contributed by atoms with Crippen molar-refractivity contribution in [2.75, 3.05) is 24.5 Å². The van der Waals surface area contributed by atoms with Crippen molar-refractivity contribution in [1.82, 2.24) is 4.90 Å². The second-order valence-electron chi connectivity index (χ2n) is 7.66. The molecule has 1 saturated heterocycles. The van der Waals surface area contributed by atoms with Gasteiger partial charge >= 0.3 is 0 Å². The van der Waals surface area contributed by atoms with Crippen molar-refractivity contribution in [1.29, 1.82) is 10.5 Å². The maximum atomic E-state index is 10.6. The normalized spacial score (nSPS) is 16.5. The Kier molecular flexibility index (Phi) is 5.75. The Morgan fingerprint density at radius 1 is 0.839 bits per heavy atom. The summed E-state index contributed by atoms with van der Waals surface area (Å²) < 4.78 is 0. The Morgan fingerprint density at radius 2 is 1.52 bits per heavy atom. The highest BCUT2D eigenvalue weighted by Crippen LogP contribution is 2.37. The summed E-state index contributed by atoms with van der Waals surface area (Å²) in [6.07, 6.45) is 0. The summed E-state index contributed by atoms with van der Waals surface area (Å²) in [6.45, 7) is 2.98. The molecule has 154 valence electrons. The van der Waals surface area contributed by atoms with E-state index in [1.807, 2.05) is 36.4 Å². The van der Waals surface area contributed by atoms with Crippen molar-refractivity contribution in [2.45, 2.75) is 12.6 Å². The van der Waals surface area contributed by atoms with Crippen molar-refractivity contribution in [2.24, 2.45) is 0 Å². The first-order valence-electron chi connectivity index (χ1n) is 10.1. The van der Waals surface area contributed by atoms with E-state index < -0.39 is 0 Å². The van der Waals surface area contributed by atoms with Crippen molar-refractivity contribution in [3.8, 4) is 23.6 Å². The number of aromatic hydroxyl groups is 2. The fraction of sp³-hybridized carbons (Fsp3) is 0.200. The second-order valence-corrected chi connectivity index (χ2v) is 7.66. The van der Waals surface area contributed by atoms with Crippen molar-refractivity contribution < 1.29 is 10.2 Å². The molecular weight excluding hydrogens is 388 g/mol. The van der Waals surface area contributed by atoms with Crippen LogP contribution in [0.2, 0.25) is 0 Å². The summed E-state index contributed by atoms with van der Waals surface area (Å²) in [4.78, 5) is 4.49. The summed E-state index contributed by atoms with van der Waals surface area (Å²) in [5, 5.41) is 38.4. The summed E-state index contributed by atoms with van der Waals surface area (Å²) in [5.41, 5.74) is 3.92. The lowest BCUT2D eigenvalue weighted by atomic mass is 10.00. The lowest BCUT2D eigenvalue weighted by Crippen LogP contribution is -2.48. The van der Waals surface area contributed by atoms with Crippen LogP contribution in [-0.2, 0) is 6.54 Å². The fourth-order valence-corrected chi connectivity index (χ4v) is 4.03. The van der Waals surface area contributed by atoms with Gasteiger partial charge in [0, 0.05) is 26.2 Å². The summed E-state index contributed by atoms with van der Waals surface area (Å²) in [7, 11) is 0. The van der Waals surface area contributed by atoms with Gasteiger partial charge in [0.2, 0.25) is 0 Å². The molecule has 1 aliphatic rings. The highest BCUT2D eigenvalue weighted by Gasteiger charge is 2.30. The lowest BCUT2D eigenvalue weighted by Gasteiger charge is -2.43. The molecule has 1 fully saturated rings. The number of anilines is 1. The molecule has 4 rings (SSSR count). The average Bonchev–Trinajstić information content (AvgIpc) is 2.80. The molecule has 1 atom stereocenters. The molecule has 0 radical (unpaired) electrons. The highest BCUT2D eigenvalue weighted by atomic mass is 16.3. The number of phenolic OH excluding ortho intramolecular Hbond substituents is 2. The zero-order valence-electron chi connectivity index (χ0n) is 16.9. The van der Waals surface area contributed by atoms with E-state index in [0.29, 0.717) is 23.4 Å². The Labute approximate surface area is 181 Å². The number of phenols is 2. The van der Waals surface area contributed by atoms with E-state index in [1.54, 1.807) is 24.3 Å². The molecule has 0 saturated carbocycles. The van der Waals surface area contributed by atoms with E-state index >= 15 is 0 Å². The molecule has 0 aromatic heterocycles. The number of nitriles is 2. The Hall–Kier alpha value is -4.00. The van der Waals surface area contributed by atoms with E-state index in [-0.39, 0.29) is 17.5 Å². The Balaban J connectivity index is 1.61. The van der Waals surface area contributed by atoms with Gasteiger partial charge in [0.05, 0.1) is 35.0 Å². The minimum atomic E-state index is -0.0356. The van der Waals surface area contributed by atoms with E-state index in [2.05, 4.69) is 21.9 Å². The van der Waals surface area contributed by atoms with Crippen LogP contribution in [0, 0.1) is 22.7 Å². The van der Waals surface area contributed by atoms with Crippen LogP contribution in [0.3, 0.4) is 0 Å². The molecule has 0 aliphatic carbocycles. The summed E-state index contributed by atoms with van der Waals surface area (Å²) in [5.74, 6) is 0.296. The van der Waals surface area contributed by atoms with E-state index in [4.69, 9.17) is 10.5 Å². The van der Waals surface area contributed by atoms with Gasteiger partial charge in [0.1, 0.15) is 11.5 Å². The quantitative estimate of drug-likeness (QED) is 0.677. The second kappa shape index (κ2) is 8.79. The molecule has 6 heteroatoms. The Morgan fingerprint density at radius 3 is 2.16 bits per heavy atom. The summed E-state index contributed by atoms with van der Waals surface area (Å²) >= 11 is 0. The minimum Gasteiger partial charge on any atom is -0.508 e. The van der Waals surface area contributed by atoms with Gasteiger partial charge in [-0.05, 0) is 53.6 Å². The average molecular weight is 410 g/mol. The number of rotatable bonds is 4. The van der Waals surface area contributed by atoms with Gasteiger partial charge in [0.15, 0.2) is 0 Å². The third kappa shape index (κ3) is 4.45. The van der Waals surface area contributed by atoms with Crippen LogP contribution < -0.4 is 4.90 Å². The van der Waals surface area contributed by atoms with Crippen molar-refractivity contribution in [3.05, 3.63) is 89.0 Å². The predicted octanol–water partition coefficient (Wildman–Crippen LogP) is 3.90. The van der Waals surface area contributed by atoms with Gasteiger partial charge in [-0.3, -0.25) is 4.90 Å². The van der Waals surface area contributed by atoms with Gasteiger partial charge in [0.25, 0.3) is 0 Å². The number of benzene rings is 3. The van der Waals surface area contributed by atoms with E-state index in [9.17, 15) is 10.2 Å². The zero-order valence-corrected chi connectivity index (χ0v) is 16.9. The molecule has 6 nitrogen and oxygen atoms in total. The third-order valence-corrected chi connectivity index (χ3v) is 5.65. The van der Waals surface area contributed by atoms with Gasteiger partial charge in [-0.2, -0.15) is 10.5 Å². The molecule has 1 unspecified atom stereocenters. The third-order valence-electron chi connectivity index (χ3n) is 5.65. The smallest absolute Gasteiger partial charge is 0.140 e. The van der Waals surface area contributed by atoms with Gasteiger partial charge in [-0.15, -0.1) is 0 Å². The molecular formula is C25H22N4O2. The SMILES string of the molecule is N#Cc1ccc(CN2CCN(c3ccc(C#N)cc3O)C(c3ccc(O)cc3)C2)cc1. The van der Waals surface area contributed by atoms with Crippen LogP contribution in [0.15, 0.2) is 66.7 Å². The zero-order chi connectivity index (χ0) is 21.8. The van der Waals surface area contributed by atoms with Crippen LogP contribution >= 0.6 is 0 Å². The number of hydrogen-bond acceptors (Lipinski definition) is 6. The maximum Gasteiger partial charge on any atom is 0.140 e. The first kappa shape index (κ1) is 20.3. The molecule has 0 amide bonds. The highest BCUT2D eigenvalue weighted by molar-refractivity contribution is 5.62. The summed E-state index contributed by atoms with van der Waals surface area (Å²) in [6, 6.07) is 23.9. The number of hydrogen-bond donors (Lipinski definition) is 2. The monoisotopic (exact) mass is 410 g/mol. The minimum absolute atomic E-state index is 0.0356. The molecule has 1 aliphatic heterocycles. The van der Waals surface area contributed by atoms with Crippen LogP contribution in [0.25, 0.3) is 0 Å². The van der Waals surface area contributed by atoms with Crippen LogP contribution in [0.1, 0.15) is 28.3 Å². The molecule has 0 bridgehead atoms. The first-order valence-corrected chi connectivity index (χ1v) is 10.1. The largest absolute Gasteiger partial charge is 0.508 e.